The second-order valence-corrected chi connectivity index (χ2v) is 4.88. The maximum absolute atomic E-state index is 11.8. The third-order valence-corrected chi connectivity index (χ3v) is 4.03. The minimum absolute atomic E-state index is 0.0497. The standard InChI is InChI=1S/C9H13NO3S/c11-8(6-2-4-14-5-6)10-3-1-7(10)9(12)13/h6-7H,1-5H2,(H,12,13). The molecule has 78 valence electrons. The number of aliphatic carboxylic acids is 1. The van der Waals surface area contributed by atoms with Gasteiger partial charge < -0.3 is 10.0 Å². The molecule has 2 saturated heterocycles. The number of carboxylic acid groups (broad SMARTS) is 1. The number of carbonyl (C=O) groups is 2. The third-order valence-electron chi connectivity index (χ3n) is 2.87. The van der Waals surface area contributed by atoms with Crippen molar-refractivity contribution in [1.29, 1.82) is 0 Å². The summed E-state index contributed by atoms with van der Waals surface area (Å²) < 4.78 is 0. The molecule has 0 spiro atoms. The Morgan fingerprint density at radius 2 is 2.14 bits per heavy atom. The lowest BCUT2D eigenvalue weighted by Gasteiger charge is -2.39. The van der Waals surface area contributed by atoms with E-state index in [1.165, 1.54) is 4.90 Å². The molecule has 2 unspecified atom stereocenters. The van der Waals surface area contributed by atoms with E-state index >= 15 is 0 Å². The van der Waals surface area contributed by atoms with Crippen LogP contribution in [-0.2, 0) is 9.59 Å². The molecule has 0 saturated carbocycles. The normalized spacial score (nSPS) is 31.3. The highest BCUT2D eigenvalue weighted by molar-refractivity contribution is 7.99. The summed E-state index contributed by atoms with van der Waals surface area (Å²) in [5.41, 5.74) is 0. The van der Waals surface area contributed by atoms with Gasteiger partial charge in [-0.15, -0.1) is 0 Å². The van der Waals surface area contributed by atoms with Gasteiger partial charge in [-0.2, -0.15) is 11.8 Å². The SMILES string of the molecule is O=C(O)C1CCN1C(=O)C1CCSC1. The summed E-state index contributed by atoms with van der Waals surface area (Å²) in [5.74, 6) is 1.15. The van der Waals surface area contributed by atoms with Crippen LogP contribution < -0.4 is 0 Å². The largest absolute Gasteiger partial charge is 0.480 e. The number of hydrogen-bond donors (Lipinski definition) is 1. The molecule has 2 heterocycles. The molecule has 2 fully saturated rings. The lowest BCUT2D eigenvalue weighted by atomic mass is 9.98. The van der Waals surface area contributed by atoms with E-state index in [-0.39, 0.29) is 11.8 Å². The van der Waals surface area contributed by atoms with Crippen molar-refractivity contribution < 1.29 is 14.7 Å². The van der Waals surface area contributed by atoms with E-state index in [0.29, 0.717) is 13.0 Å². The van der Waals surface area contributed by atoms with Crippen molar-refractivity contribution >= 4 is 23.6 Å². The van der Waals surface area contributed by atoms with Gasteiger partial charge in [0.1, 0.15) is 6.04 Å². The van der Waals surface area contributed by atoms with Crippen molar-refractivity contribution in [2.45, 2.75) is 18.9 Å². The molecule has 2 atom stereocenters. The van der Waals surface area contributed by atoms with E-state index in [4.69, 9.17) is 5.11 Å². The molecule has 0 radical (unpaired) electrons. The van der Waals surface area contributed by atoms with Crippen LogP contribution in [0.3, 0.4) is 0 Å². The Kier molecular flexibility index (Phi) is 2.67. The minimum atomic E-state index is -0.866. The van der Waals surface area contributed by atoms with Crippen molar-refractivity contribution in [1.82, 2.24) is 4.90 Å². The van der Waals surface area contributed by atoms with Crippen molar-refractivity contribution in [3.63, 3.8) is 0 Å². The number of carbonyl (C=O) groups excluding carboxylic acids is 1. The second kappa shape index (κ2) is 3.81. The fourth-order valence-electron chi connectivity index (χ4n) is 1.87. The minimum Gasteiger partial charge on any atom is -0.480 e. The molecular weight excluding hydrogens is 202 g/mol. The van der Waals surface area contributed by atoms with Crippen LogP contribution in [0.4, 0.5) is 0 Å². The number of rotatable bonds is 2. The lowest BCUT2D eigenvalue weighted by Crippen LogP contribution is -2.56. The van der Waals surface area contributed by atoms with Gasteiger partial charge in [-0.3, -0.25) is 4.79 Å². The summed E-state index contributed by atoms with van der Waals surface area (Å²) in [7, 11) is 0. The Balaban J connectivity index is 1.94. The van der Waals surface area contributed by atoms with Crippen LogP contribution in [0.2, 0.25) is 0 Å². The molecule has 0 aromatic carbocycles. The average molecular weight is 215 g/mol. The summed E-state index contributed by atoms with van der Waals surface area (Å²) in [6, 6.07) is -0.548. The molecule has 2 rings (SSSR count). The predicted molar refractivity (Wildman–Crippen MR) is 53.2 cm³/mol. The highest BCUT2D eigenvalue weighted by atomic mass is 32.2. The first-order valence-corrected chi connectivity index (χ1v) is 5.96. The Bertz CT molecular complexity index is 263. The Hall–Kier alpha value is -0.710. The molecule has 2 aliphatic rings. The summed E-state index contributed by atoms with van der Waals surface area (Å²) in [6.45, 7) is 0.622. The van der Waals surface area contributed by atoms with Gasteiger partial charge in [0.15, 0.2) is 0 Å². The molecule has 1 amide bonds. The Morgan fingerprint density at radius 3 is 2.57 bits per heavy atom. The topological polar surface area (TPSA) is 57.6 Å². The van der Waals surface area contributed by atoms with Gasteiger partial charge in [0.2, 0.25) is 5.91 Å². The number of hydrogen-bond acceptors (Lipinski definition) is 3. The summed E-state index contributed by atoms with van der Waals surface area (Å²) in [6.07, 6.45) is 1.52. The van der Waals surface area contributed by atoms with Gasteiger partial charge in [0.05, 0.1) is 0 Å². The molecule has 0 aromatic rings. The Labute approximate surface area is 86.6 Å². The smallest absolute Gasteiger partial charge is 0.326 e. The second-order valence-electron chi connectivity index (χ2n) is 3.73. The number of thioether (sulfide) groups is 1. The highest BCUT2D eigenvalue weighted by Crippen LogP contribution is 2.28. The zero-order valence-electron chi connectivity index (χ0n) is 7.81. The van der Waals surface area contributed by atoms with Gasteiger partial charge >= 0.3 is 5.97 Å². The molecule has 2 aliphatic heterocycles. The van der Waals surface area contributed by atoms with Crippen molar-refractivity contribution in [3.05, 3.63) is 0 Å². The molecular formula is C9H13NO3S. The quantitative estimate of drug-likeness (QED) is 0.725. The van der Waals surface area contributed by atoms with Crippen LogP contribution in [0, 0.1) is 5.92 Å². The molecule has 4 nitrogen and oxygen atoms in total. The van der Waals surface area contributed by atoms with Gasteiger partial charge in [-0.25, -0.2) is 4.79 Å². The van der Waals surface area contributed by atoms with Gasteiger partial charge in [0, 0.05) is 18.2 Å². The number of carboxylic acids is 1. The molecule has 1 N–H and O–H groups in total. The monoisotopic (exact) mass is 215 g/mol. The van der Waals surface area contributed by atoms with Gasteiger partial charge in [-0.1, -0.05) is 0 Å². The Morgan fingerprint density at radius 1 is 1.36 bits per heavy atom. The van der Waals surface area contributed by atoms with E-state index < -0.39 is 12.0 Å². The maximum atomic E-state index is 11.8. The van der Waals surface area contributed by atoms with Crippen LogP contribution in [-0.4, -0.2) is 46.0 Å². The summed E-state index contributed by atoms with van der Waals surface area (Å²) in [4.78, 5) is 24.0. The zero-order valence-corrected chi connectivity index (χ0v) is 8.63. The molecule has 0 bridgehead atoms. The van der Waals surface area contributed by atoms with Crippen LogP contribution >= 0.6 is 11.8 Å². The third kappa shape index (κ3) is 1.61. The predicted octanol–water partition coefficient (Wildman–Crippen LogP) is 0.425. The van der Waals surface area contributed by atoms with Crippen molar-refractivity contribution in [3.8, 4) is 0 Å². The fourth-order valence-corrected chi connectivity index (χ4v) is 3.08. The number of likely N-dealkylation sites (tertiary alicyclic amines) is 1. The van der Waals surface area contributed by atoms with E-state index in [2.05, 4.69) is 0 Å². The fraction of sp³-hybridized carbons (Fsp3) is 0.778. The first-order chi connectivity index (χ1) is 6.70. The van der Waals surface area contributed by atoms with Crippen LogP contribution in [0.5, 0.6) is 0 Å². The van der Waals surface area contributed by atoms with Crippen molar-refractivity contribution in [2.24, 2.45) is 5.92 Å². The number of amides is 1. The summed E-state index contributed by atoms with van der Waals surface area (Å²) in [5, 5.41) is 8.80. The van der Waals surface area contributed by atoms with E-state index in [1.807, 2.05) is 0 Å². The highest BCUT2D eigenvalue weighted by Gasteiger charge is 2.40. The van der Waals surface area contributed by atoms with E-state index in [1.54, 1.807) is 11.8 Å². The summed E-state index contributed by atoms with van der Waals surface area (Å²) >= 11 is 1.78. The van der Waals surface area contributed by atoms with Crippen LogP contribution in [0.1, 0.15) is 12.8 Å². The van der Waals surface area contributed by atoms with E-state index in [0.717, 1.165) is 17.9 Å². The first-order valence-electron chi connectivity index (χ1n) is 4.81. The molecule has 0 aromatic heterocycles. The molecule has 14 heavy (non-hydrogen) atoms. The van der Waals surface area contributed by atoms with E-state index in [9.17, 15) is 9.59 Å². The molecule has 0 aliphatic carbocycles. The van der Waals surface area contributed by atoms with Crippen LogP contribution in [0.25, 0.3) is 0 Å². The number of nitrogens with zero attached hydrogens (tertiary/aromatic N) is 1. The van der Waals surface area contributed by atoms with Crippen LogP contribution in [0.15, 0.2) is 0 Å². The lowest BCUT2D eigenvalue weighted by molar-refractivity contribution is -0.158. The maximum Gasteiger partial charge on any atom is 0.326 e. The van der Waals surface area contributed by atoms with Gasteiger partial charge in [-0.05, 0) is 18.6 Å². The van der Waals surface area contributed by atoms with Gasteiger partial charge in [0.25, 0.3) is 0 Å². The first kappa shape index (κ1) is 9.83. The van der Waals surface area contributed by atoms with Crippen molar-refractivity contribution in [2.75, 3.05) is 18.1 Å². The zero-order chi connectivity index (χ0) is 10.1. The average Bonchev–Trinajstić information content (AvgIpc) is 2.51. The molecule has 5 heteroatoms.